The Kier molecular flexibility index (Phi) is 2.64. The maximum Gasteiger partial charge on any atom is 0.123 e. The van der Waals surface area contributed by atoms with E-state index in [-0.39, 0.29) is 0 Å². The normalized spacial score (nSPS) is 20.8. The Morgan fingerprint density at radius 1 is 1.43 bits per heavy atom. The van der Waals surface area contributed by atoms with Gasteiger partial charge in [-0.25, -0.2) is 0 Å². The highest BCUT2D eigenvalue weighted by atomic mass is 16.3. The second-order valence-corrected chi connectivity index (χ2v) is 4.48. The predicted octanol–water partition coefficient (Wildman–Crippen LogP) is 3.04. The molecule has 1 N–H and O–H groups in total. The lowest BCUT2D eigenvalue weighted by molar-refractivity contribution is 0.379. The first-order valence-electron chi connectivity index (χ1n) is 5.48. The molecule has 78 valence electrons. The van der Waals surface area contributed by atoms with Gasteiger partial charge in [-0.1, -0.05) is 0 Å². The van der Waals surface area contributed by atoms with Crippen LogP contribution in [0.5, 0.6) is 0 Å². The summed E-state index contributed by atoms with van der Waals surface area (Å²) in [5.74, 6) is 1.98. The van der Waals surface area contributed by atoms with Crippen LogP contribution < -0.4 is 5.32 Å². The Labute approximate surface area is 85.7 Å². The van der Waals surface area contributed by atoms with E-state index in [0.717, 1.165) is 11.7 Å². The Bertz CT molecular complexity index is 301. The van der Waals surface area contributed by atoms with E-state index >= 15 is 0 Å². The zero-order valence-corrected chi connectivity index (χ0v) is 9.21. The van der Waals surface area contributed by atoms with E-state index in [1.54, 1.807) is 6.26 Å². The first-order chi connectivity index (χ1) is 6.68. The molecule has 1 saturated carbocycles. The van der Waals surface area contributed by atoms with Crippen molar-refractivity contribution in [1.29, 1.82) is 0 Å². The van der Waals surface area contributed by atoms with E-state index in [2.05, 4.69) is 26.1 Å². The van der Waals surface area contributed by atoms with E-state index in [9.17, 15) is 0 Å². The zero-order chi connectivity index (χ0) is 10.1. The average molecular weight is 193 g/mol. The van der Waals surface area contributed by atoms with Crippen molar-refractivity contribution in [2.45, 2.75) is 45.7 Å². The highest BCUT2D eigenvalue weighted by Crippen LogP contribution is 2.33. The third-order valence-corrected chi connectivity index (χ3v) is 3.14. The van der Waals surface area contributed by atoms with Gasteiger partial charge in [-0.15, -0.1) is 0 Å². The number of rotatable bonds is 4. The van der Waals surface area contributed by atoms with E-state index < -0.39 is 0 Å². The lowest BCUT2D eigenvalue weighted by atomic mass is 10.1. The fourth-order valence-corrected chi connectivity index (χ4v) is 2.03. The Morgan fingerprint density at radius 2 is 2.14 bits per heavy atom. The van der Waals surface area contributed by atoms with E-state index in [1.165, 1.54) is 18.4 Å². The van der Waals surface area contributed by atoms with Crippen molar-refractivity contribution >= 4 is 0 Å². The maximum absolute atomic E-state index is 5.46. The van der Waals surface area contributed by atoms with Crippen molar-refractivity contribution in [3.63, 3.8) is 0 Å². The minimum atomic E-state index is 0.334. The van der Waals surface area contributed by atoms with Gasteiger partial charge in [0, 0.05) is 6.04 Å². The van der Waals surface area contributed by atoms with E-state index in [1.807, 2.05) is 6.07 Å². The van der Waals surface area contributed by atoms with Crippen LogP contribution in [0.4, 0.5) is 0 Å². The van der Waals surface area contributed by atoms with Crippen LogP contribution in [0.25, 0.3) is 0 Å². The van der Waals surface area contributed by atoms with Crippen molar-refractivity contribution in [2.24, 2.45) is 5.92 Å². The molecule has 2 unspecified atom stereocenters. The standard InChI is InChI=1S/C12H19NO/c1-8-6-7-14-12(8)10(3)13-9(2)11-4-5-11/h6-7,9-11,13H,4-5H2,1-3H3. The van der Waals surface area contributed by atoms with Crippen LogP contribution in [0.15, 0.2) is 16.7 Å². The third-order valence-electron chi connectivity index (χ3n) is 3.14. The van der Waals surface area contributed by atoms with Gasteiger partial charge in [0.15, 0.2) is 0 Å². The van der Waals surface area contributed by atoms with Crippen molar-refractivity contribution in [3.05, 3.63) is 23.7 Å². The highest BCUT2D eigenvalue weighted by Gasteiger charge is 2.29. The second kappa shape index (κ2) is 3.77. The number of aryl methyl sites for hydroxylation is 1. The summed E-state index contributed by atoms with van der Waals surface area (Å²) in [5, 5.41) is 3.59. The van der Waals surface area contributed by atoms with E-state index in [0.29, 0.717) is 12.1 Å². The van der Waals surface area contributed by atoms with Crippen LogP contribution in [-0.2, 0) is 0 Å². The number of hydrogen-bond donors (Lipinski definition) is 1. The molecule has 1 heterocycles. The van der Waals surface area contributed by atoms with Crippen LogP contribution in [0, 0.1) is 12.8 Å². The molecule has 1 fully saturated rings. The van der Waals surface area contributed by atoms with Crippen molar-refractivity contribution in [1.82, 2.24) is 5.32 Å². The van der Waals surface area contributed by atoms with Gasteiger partial charge in [-0.05, 0) is 51.2 Å². The summed E-state index contributed by atoms with van der Waals surface area (Å²) in [4.78, 5) is 0. The van der Waals surface area contributed by atoms with Gasteiger partial charge in [0.2, 0.25) is 0 Å². The molecule has 0 radical (unpaired) electrons. The van der Waals surface area contributed by atoms with Crippen LogP contribution in [0.1, 0.15) is 44.1 Å². The first-order valence-corrected chi connectivity index (χ1v) is 5.48. The molecule has 2 nitrogen and oxygen atoms in total. The van der Waals surface area contributed by atoms with Crippen molar-refractivity contribution < 1.29 is 4.42 Å². The summed E-state index contributed by atoms with van der Waals surface area (Å²) in [6.07, 6.45) is 4.54. The number of furan rings is 1. The lowest BCUT2D eigenvalue weighted by Crippen LogP contribution is -2.30. The molecule has 1 aliphatic carbocycles. The van der Waals surface area contributed by atoms with Gasteiger partial charge in [0.25, 0.3) is 0 Å². The maximum atomic E-state index is 5.46. The summed E-state index contributed by atoms with van der Waals surface area (Å²) < 4.78 is 5.46. The fourth-order valence-electron chi connectivity index (χ4n) is 2.03. The van der Waals surface area contributed by atoms with Crippen molar-refractivity contribution in [3.8, 4) is 0 Å². The molecule has 1 aromatic rings. The second-order valence-electron chi connectivity index (χ2n) is 4.48. The largest absolute Gasteiger partial charge is 0.467 e. The molecular weight excluding hydrogens is 174 g/mol. The molecule has 1 aliphatic rings. The van der Waals surface area contributed by atoms with Crippen LogP contribution in [-0.4, -0.2) is 6.04 Å². The predicted molar refractivity (Wildman–Crippen MR) is 57.2 cm³/mol. The highest BCUT2D eigenvalue weighted by molar-refractivity contribution is 5.17. The minimum Gasteiger partial charge on any atom is -0.467 e. The van der Waals surface area contributed by atoms with Crippen molar-refractivity contribution in [2.75, 3.05) is 0 Å². The molecule has 0 aromatic carbocycles. The summed E-state index contributed by atoms with van der Waals surface area (Å²) >= 11 is 0. The molecule has 14 heavy (non-hydrogen) atoms. The van der Waals surface area contributed by atoms with Gasteiger partial charge in [0.05, 0.1) is 12.3 Å². The third kappa shape index (κ3) is 2.01. The zero-order valence-electron chi connectivity index (χ0n) is 9.21. The van der Waals surface area contributed by atoms with Gasteiger partial charge in [-0.3, -0.25) is 0 Å². The van der Waals surface area contributed by atoms with Crippen LogP contribution in [0.2, 0.25) is 0 Å². The summed E-state index contributed by atoms with van der Waals surface area (Å²) in [7, 11) is 0. The van der Waals surface area contributed by atoms with Gasteiger partial charge < -0.3 is 9.73 Å². The van der Waals surface area contributed by atoms with Gasteiger partial charge in [0.1, 0.15) is 5.76 Å². The molecule has 0 aliphatic heterocycles. The number of nitrogens with one attached hydrogen (secondary N) is 1. The number of hydrogen-bond acceptors (Lipinski definition) is 2. The smallest absolute Gasteiger partial charge is 0.123 e. The summed E-state index contributed by atoms with van der Waals surface area (Å²) in [6.45, 7) is 6.54. The molecule has 0 saturated heterocycles. The first kappa shape index (κ1) is 9.78. The van der Waals surface area contributed by atoms with E-state index in [4.69, 9.17) is 4.42 Å². The Hall–Kier alpha value is -0.760. The Morgan fingerprint density at radius 3 is 2.64 bits per heavy atom. The molecule has 0 spiro atoms. The molecule has 2 heteroatoms. The molecule has 0 amide bonds. The minimum absolute atomic E-state index is 0.334. The van der Waals surface area contributed by atoms with Crippen LogP contribution in [0.3, 0.4) is 0 Å². The lowest BCUT2D eigenvalue weighted by Gasteiger charge is -2.18. The molecule has 2 atom stereocenters. The topological polar surface area (TPSA) is 25.2 Å². The molecule has 2 rings (SSSR count). The quantitative estimate of drug-likeness (QED) is 0.795. The monoisotopic (exact) mass is 193 g/mol. The average Bonchev–Trinajstić information content (AvgIpc) is 2.89. The van der Waals surface area contributed by atoms with Gasteiger partial charge >= 0.3 is 0 Å². The fraction of sp³-hybridized carbons (Fsp3) is 0.667. The molecule has 1 aromatic heterocycles. The molecule has 0 bridgehead atoms. The summed E-state index contributed by atoms with van der Waals surface area (Å²) in [5.41, 5.74) is 1.24. The van der Waals surface area contributed by atoms with Crippen LogP contribution >= 0.6 is 0 Å². The Balaban J connectivity index is 1.94. The SMILES string of the molecule is Cc1ccoc1C(C)NC(C)C1CC1. The molecular formula is C12H19NO. The summed E-state index contributed by atoms with van der Waals surface area (Å²) in [6, 6.07) is 2.98. The van der Waals surface area contributed by atoms with Gasteiger partial charge in [-0.2, -0.15) is 0 Å².